The van der Waals surface area contributed by atoms with Gasteiger partial charge in [-0.2, -0.15) is 0 Å². The molecular formula is C15H14N2O4. The first kappa shape index (κ1) is 14.5. The summed E-state index contributed by atoms with van der Waals surface area (Å²) < 4.78 is 0. The van der Waals surface area contributed by atoms with Crippen molar-refractivity contribution in [3.8, 4) is 0 Å². The Labute approximate surface area is 120 Å². The van der Waals surface area contributed by atoms with Crippen LogP contribution in [0.25, 0.3) is 0 Å². The van der Waals surface area contributed by atoms with Gasteiger partial charge < -0.3 is 15.8 Å². The van der Waals surface area contributed by atoms with Crippen LogP contribution in [0, 0.1) is 0 Å². The first-order valence-corrected chi connectivity index (χ1v) is 6.27. The minimum Gasteiger partial charge on any atom is -0.475 e. The van der Waals surface area contributed by atoms with Crippen LogP contribution >= 0.6 is 0 Å². The lowest BCUT2D eigenvalue weighted by Gasteiger charge is -2.00. The molecule has 1 aromatic heterocycles. The number of carboxylic acids is 1. The van der Waals surface area contributed by atoms with E-state index in [0.717, 1.165) is 11.3 Å². The second kappa shape index (κ2) is 6.04. The van der Waals surface area contributed by atoms with Gasteiger partial charge in [0.2, 0.25) is 5.78 Å². The number of rotatable bonds is 6. The molecule has 4 N–H and O–H groups in total. The first-order valence-electron chi connectivity index (χ1n) is 6.27. The molecular weight excluding hydrogens is 272 g/mol. The number of nitrogen functional groups attached to an aromatic ring is 1. The SMILES string of the molecule is Nc1ccc(Cc2ccc(C(=O)CC(=O)C(=O)O)[nH]2)cc1. The van der Waals surface area contributed by atoms with Crippen molar-refractivity contribution in [3.63, 3.8) is 0 Å². The van der Waals surface area contributed by atoms with Crippen molar-refractivity contribution in [2.24, 2.45) is 0 Å². The van der Waals surface area contributed by atoms with Crippen molar-refractivity contribution in [3.05, 3.63) is 53.3 Å². The van der Waals surface area contributed by atoms with Crippen LogP contribution < -0.4 is 5.73 Å². The average Bonchev–Trinajstić information content (AvgIpc) is 2.90. The Morgan fingerprint density at radius 3 is 2.33 bits per heavy atom. The lowest BCUT2D eigenvalue weighted by Crippen LogP contribution is -2.17. The van der Waals surface area contributed by atoms with Gasteiger partial charge in [-0.25, -0.2) is 4.79 Å². The molecule has 0 atom stereocenters. The highest BCUT2D eigenvalue weighted by molar-refractivity contribution is 6.37. The maximum Gasteiger partial charge on any atom is 0.372 e. The molecule has 6 heteroatoms. The topological polar surface area (TPSA) is 113 Å². The van der Waals surface area contributed by atoms with Crippen LogP contribution in [-0.2, 0) is 16.0 Å². The van der Waals surface area contributed by atoms with Crippen molar-refractivity contribution < 1.29 is 19.5 Å². The molecule has 0 saturated heterocycles. The van der Waals surface area contributed by atoms with E-state index >= 15 is 0 Å². The van der Waals surface area contributed by atoms with Crippen LogP contribution in [0.3, 0.4) is 0 Å². The fraction of sp³-hybridized carbons (Fsp3) is 0.133. The molecule has 0 aliphatic heterocycles. The van der Waals surface area contributed by atoms with E-state index in [-0.39, 0.29) is 5.69 Å². The molecule has 0 aliphatic rings. The summed E-state index contributed by atoms with van der Waals surface area (Å²) in [6.07, 6.45) is -0.0579. The number of hydrogen-bond donors (Lipinski definition) is 3. The van der Waals surface area contributed by atoms with E-state index in [1.54, 1.807) is 24.3 Å². The predicted molar refractivity (Wildman–Crippen MR) is 76.0 cm³/mol. The monoisotopic (exact) mass is 286 g/mol. The summed E-state index contributed by atoms with van der Waals surface area (Å²) in [6, 6.07) is 10.6. The van der Waals surface area contributed by atoms with Crippen LogP contribution in [-0.4, -0.2) is 27.6 Å². The summed E-state index contributed by atoms with van der Waals surface area (Å²) >= 11 is 0. The molecule has 0 amide bonds. The van der Waals surface area contributed by atoms with Crippen molar-refractivity contribution in [2.75, 3.05) is 5.73 Å². The standard InChI is InChI=1S/C15H14N2O4/c16-10-3-1-9(2-4-10)7-11-5-6-12(17-11)13(18)8-14(19)15(20)21/h1-6,17H,7-8,16H2,(H,20,21). The highest BCUT2D eigenvalue weighted by Gasteiger charge is 2.18. The van der Waals surface area contributed by atoms with E-state index < -0.39 is 24.0 Å². The smallest absolute Gasteiger partial charge is 0.372 e. The molecule has 0 unspecified atom stereocenters. The van der Waals surface area contributed by atoms with E-state index in [1.165, 1.54) is 0 Å². The Morgan fingerprint density at radius 1 is 1.05 bits per heavy atom. The average molecular weight is 286 g/mol. The number of carboxylic acid groups (broad SMARTS) is 1. The van der Waals surface area contributed by atoms with Gasteiger partial charge in [0, 0.05) is 17.8 Å². The number of aliphatic carboxylic acids is 1. The van der Waals surface area contributed by atoms with Gasteiger partial charge in [-0.1, -0.05) is 12.1 Å². The summed E-state index contributed by atoms with van der Waals surface area (Å²) in [5.74, 6) is -3.25. The van der Waals surface area contributed by atoms with Crippen molar-refractivity contribution >= 4 is 23.2 Å². The maximum atomic E-state index is 11.7. The van der Waals surface area contributed by atoms with Crippen LogP contribution in [0.5, 0.6) is 0 Å². The second-order valence-electron chi connectivity index (χ2n) is 4.64. The lowest BCUT2D eigenvalue weighted by molar-refractivity contribution is -0.148. The zero-order valence-corrected chi connectivity index (χ0v) is 11.1. The number of nitrogens with one attached hydrogen (secondary N) is 1. The maximum absolute atomic E-state index is 11.7. The van der Waals surface area contributed by atoms with Gasteiger partial charge in [0.15, 0.2) is 5.78 Å². The van der Waals surface area contributed by atoms with Crippen LogP contribution in [0.15, 0.2) is 36.4 Å². The molecule has 21 heavy (non-hydrogen) atoms. The Kier molecular flexibility index (Phi) is 4.18. The van der Waals surface area contributed by atoms with Gasteiger partial charge in [-0.3, -0.25) is 9.59 Å². The zero-order chi connectivity index (χ0) is 15.4. The van der Waals surface area contributed by atoms with E-state index in [0.29, 0.717) is 12.1 Å². The molecule has 0 radical (unpaired) electrons. The molecule has 0 fully saturated rings. The van der Waals surface area contributed by atoms with Gasteiger partial charge in [-0.05, 0) is 29.8 Å². The van der Waals surface area contributed by atoms with Crippen molar-refractivity contribution in [2.45, 2.75) is 12.8 Å². The number of benzene rings is 1. The number of anilines is 1. The quantitative estimate of drug-likeness (QED) is 0.321. The van der Waals surface area contributed by atoms with E-state index in [2.05, 4.69) is 4.98 Å². The fourth-order valence-corrected chi connectivity index (χ4v) is 1.88. The first-order chi connectivity index (χ1) is 9.95. The molecule has 0 aliphatic carbocycles. The summed E-state index contributed by atoms with van der Waals surface area (Å²) in [5.41, 5.74) is 8.33. The van der Waals surface area contributed by atoms with Gasteiger partial charge >= 0.3 is 5.97 Å². The minimum absolute atomic E-state index is 0.232. The van der Waals surface area contributed by atoms with Gasteiger partial charge in [-0.15, -0.1) is 0 Å². The number of nitrogens with two attached hydrogens (primary N) is 1. The second-order valence-corrected chi connectivity index (χ2v) is 4.64. The van der Waals surface area contributed by atoms with Crippen molar-refractivity contribution in [1.82, 2.24) is 4.98 Å². The molecule has 2 aromatic rings. The van der Waals surface area contributed by atoms with Crippen LogP contribution in [0.4, 0.5) is 5.69 Å². The summed E-state index contributed by atoms with van der Waals surface area (Å²) in [6.45, 7) is 0. The Bertz CT molecular complexity index is 686. The van der Waals surface area contributed by atoms with E-state index in [9.17, 15) is 14.4 Å². The van der Waals surface area contributed by atoms with Crippen molar-refractivity contribution in [1.29, 1.82) is 0 Å². The third-order valence-corrected chi connectivity index (χ3v) is 2.98. The number of Topliss-reactive ketones (excluding diaryl/α,β-unsaturated/α-hetero) is 2. The van der Waals surface area contributed by atoms with Gasteiger partial charge in [0.05, 0.1) is 12.1 Å². The highest BCUT2D eigenvalue weighted by Crippen LogP contribution is 2.12. The fourth-order valence-electron chi connectivity index (χ4n) is 1.88. The van der Waals surface area contributed by atoms with Crippen LogP contribution in [0.1, 0.15) is 28.2 Å². The van der Waals surface area contributed by atoms with Crippen LogP contribution in [0.2, 0.25) is 0 Å². The largest absolute Gasteiger partial charge is 0.475 e. The molecule has 0 spiro atoms. The molecule has 2 rings (SSSR count). The predicted octanol–water partition coefficient (Wildman–Crippen LogP) is 1.41. The number of carbonyl (C=O) groups excluding carboxylic acids is 2. The number of hydrogen-bond acceptors (Lipinski definition) is 4. The highest BCUT2D eigenvalue weighted by atomic mass is 16.4. The zero-order valence-electron chi connectivity index (χ0n) is 11.1. The molecule has 1 aromatic carbocycles. The number of carbonyl (C=O) groups is 3. The van der Waals surface area contributed by atoms with E-state index in [1.807, 2.05) is 12.1 Å². The Morgan fingerprint density at radius 2 is 1.71 bits per heavy atom. The number of H-pyrrole nitrogens is 1. The minimum atomic E-state index is -1.60. The lowest BCUT2D eigenvalue weighted by atomic mass is 10.1. The van der Waals surface area contributed by atoms with Gasteiger partial charge in [0.25, 0.3) is 0 Å². The number of aromatic nitrogens is 1. The number of ketones is 2. The Balaban J connectivity index is 2.04. The van der Waals surface area contributed by atoms with Gasteiger partial charge in [0.1, 0.15) is 0 Å². The summed E-state index contributed by atoms with van der Waals surface area (Å²) in [7, 11) is 0. The molecule has 108 valence electrons. The number of aromatic amines is 1. The third-order valence-electron chi connectivity index (χ3n) is 2.98. The third kappa shape index (κ3) is 3.79. The molecule has 6 nitrogen and oxygen atoms in total. The molecule has 0 saturated carbocycles. The molecule has 1 heterocycles. The normalized spacial score (nSPS) is 10.3. The van der Waals surface area contributed by atoms with E-state index in [4.69, 9.17) is 10.8 Å². The Hall–Kier alpha value is -2.89. The summed E-state index contributed by atoms with van der Waals surface area (Å²) in [5, 5.41) is 8.48. The summed E-state index contributed by atoms with van der Waals surface area (Å²) in [4.78, 5) is 36.1. The molecule has 0 bridgehead atoms.